The molecule has 1 N–H and O–H groups in total. The van der Waals surface area contributed by atoms with Crippen molar-refractivity contribution in [2.45, 2.75) is 76.4 Å². The minimum atomic E-state index is 0.193. The molecular weight excluding hydrogens is 222 g/mol. The zero-order valence-corrected chi connectivity index (χ0v) is 11.9. The second kappa shape index (κ2) is 5.50. The van der Waals surface area contributed by atoms with Crippen molar-refractivity contribution in [3.05, 3.63) is 0 Å². The van der Waals surface area contributed by atoms with Gasteiger partial charge in [-0.3, -0.25) is 0 Å². The third-order valence-electron chi connectivity index (χ3n) is 5.55. The molecule has 2 saturated carbocycles. The third kappa shape index (κ3) is 2.60. The Balaban J connectivity index is 1.68. The predicted octanol–water partition coefficient (Wildman–Crippen LogP) is 3.50. The predicted molar refractivity (Wildman–Crippen MR) is 74.7 cm³/mol. The van der Waals surface area contributed by atoms with Crippen LogP contribution in [0.1, 0.15) is 64.7 Å². The average Bonchev–Trinajstić information content (AvgIpc) is 2.85. The molecule has 0 aromatic rings. The van der Waals surface area contributed by atoms with Crippen LogP contribution in [0.15, 0.2) is 0 Å². The monoisotopic (exact) mass is 251 g/mol. The van der Waals surface area contributed by atoms with E-state index >= 15 is 0 Å². The van der Waals surface area contributed by atoms with E-state index in [1.807, 2.05) is 0 Å². The first-order chi connectivity index (χ1) is 8.78. The molecule has 0 aromatic heterocycles. The molecule has 1 heterocycles. The fourth-order valence-corrected chi connectivity index (χ4v) is 4.64. The summed E-state index contributed by atoms with van der Waals surface area (Å²) in [7, 11) is 0. The van der Waals surface area contributed by atoms with Crippen molar-refractivity contribution in [1.29, 1.82) is 0 Å². The fourth-order valence-electron chi connectivity index (χ4n) is 4.64. The molecule has 0 amide bonds. The first-order valence-corrected chi connectivity index (χ1v) is 8.16. The van der Waals surface area contributed by atoms with E-state index < -0.39 is 0 Å². The summed E-state index contributed by atoms with van der Waals surface area (Å²) in [4.78, 5) is 0. The lowest BCUT2D eigenvalue weighted by atomic mass is 9.72. The van der Waals surface area contributed by atoms with Crippen LogP contribution in [0.5, 0.6) is 0 Å². The molecule has 1 spiro atoms. The Morgan fingerprint density at radius 2 is 2.00 bits per heavy atom. The van der Waals surface area contributed by atoms with Gasteiger partial charge in [-0.15, -0.1) is 0 Å². The summed E-state index contributed by atoms with van der Waals surface area (Å²) >= 11 is 0. The van der Waals surface area contributed by atoms with Gasteiger partial charge in [-0.25, -0.2) is 0 Å². The largest absolute Gasteiger partial charge is 0.372 e. The van der Waals surface area contributed by atoms with Gasteiger partial charge in [0.2, 0.25) is 0 Å². The second-order valence-electron chi connectivity index (χ2n) is 7.01. The molecule has 3 unspecified atom stereocenters. The number of morpholine rings is 1. The Labute approximate surface area is 112 Å². The van der Waals surface area contributed by atoms with Gasteiger partial charge in [-0.05, 0) is 31.1 Å². The highest BCUT2D eigenvalue weighted by atomic mass is 16.5. The molecule has 0 aromatic carbocycles. The maximum absolute atomic E-state index is 6.34. The lowest BCUT2D eigenvalue weighted by Crippen LogP contribution is -2.60. The van der Waals surface area contributed by atoms with Crippen molar-refractivity contribution in [2.24, 2.45) is 11.8 Å². The van der Waals surface area contributed by atoms with Crippen LogP contribution in [-0.4, -0.2) is 24.8 Å². The van der Waals surface area contributed by atoms with Crippen LogP contribution in [-0.2, 0) is 4.74 Å². The highest BCUT2D eigenvalue weighted by molar-refractivity contribution is 5.00. The van der Waals surface area contributed by atoms with E-state index in [2.05, 4.69) is 12.2 Å². The number of hydrogen-bond donors (Lipinski definition) is 1. The van der Waals surface area contributed by atoms with E-state index in [0.717, 1.165) is 25.0 Å². The van der Waals surface area contributed by atoms with Gasteiger partial charge < -0.3 is 10.1 Å². The molecule has 2 heteroatoms. The summed E-state index contributed by atoms with van der Waals surface area (Å²) < 4.78 is 6.34. The van der Waals surface area contributed by atoms with E-state index in [1.54, 1.807) is 0 Å². The van der Waals surface area contributed by atoms with Gasteiger partial charge in [0.25, 0.3) is 0 Å². The van der Waals surface area contributed by atoms with Crippen LogP contribution in [0, 0.1) is 11.8 Å². The number of nitrogens with one attached hydrogen (secondary N) is 1. The Hall–Kier alpha value is -0.0800. The standard InChI is InChI=1S/C16H29NO/c1-13-5-4-8-16(12-13)15(17-9-10-18-16)11-14-6-2-3-7-14/h13-15,17H,2-12H2,1H3. The van der Waals surface area contributed by atoms with Gasteiger partial charge in [0, 0.05) is 12.6 Å². The molecule has 3 atom stereocenters. The topological polar surface area (TPSA) is 21.3 Å². The van der Waals surface area contributed by atoms with Crippen molar-refractivity contribution < 1.29 is 4.74 Å². The van der Waals surface area contributed by atoms with Gasteiger partial charge >= 0.3 is 0 Å². The molecule has 3 fully saturated rings. The quantitative estimate of drug-likeness (QED) is 0.811. The summed E-state index contributed by atoms with van der Waals surface area (Å²) in [5.74, 6) is 1.82. The minimum Gasteiger partial charge on any atom is -0.372 e. The summed E-state index contributed by atoms with van der Waals surface area (Å²) in [6.45, 7) is 4.40. The Morgan fingerprint density at radius 1 is 1.17 bits per heavy atom. The smallest absolute Gasteiger partial charge is 0.0838 e. The summed E-state index contributed by atoms with van der Waals surface area (Å²) in [6.07, 6.45) is 12.6. The molecule has 2 nitrogen and oxygen atoms in total. The molecule has 1 aliphatic heterocycles. The van der Waals surface area contributed by atoms with Gasteiger partial charge in [-0.1, -0.05) is 45.4 Å². The zero-order valence-electron chi connectivity index (χ0n) is 11.9. The van der Waals surface area contributed by atoms with Crippen LogP contribution in [0.3, 0.4) is 0 Å². The summed E-state index contributed by atoms with van der Waals surface area (Å²) in [6, 6.07) is 0.636. The summed E-state index contributed by atoms with van der Waals surface area (Å²) in [5, 5.41) is 3.80. The molecule has 0 bridgehead atoms. The lowest BCUT2D eigenvalue weighted by Gasteiger charge is -2.49. The molecular formula is C16H29NO. The number of hydrogen-bond acceptors (Lipinski definition) is 2. The van der Waals surface area contributed by atoms with Crippen molar-refractivity contribution in [2.75, 3.05) is 13.2 Å². The molecule has 18 heavy (non-hydrogen) atoms. The lowest BCUT2D eigenvalue weighted by molar-refractivity contribution is -0.130. The van der Waals surface area contributed by atoms with E-state index in [4.69, 9.17) is 4.74 Å². The van der Waals surface area contributed by atoms with Crippen molar-refractivity contribution in [1.82, 2.24) is 5.32 Å². The summed E-state index contributed by atoms with van der Waals surface area (Å²) in [5.41, 5.74) is 0.193. The van der Waals surface area contributed by atoms with Gasteiger partial charge in [-0.2, -0.15) is 0 Å². The van der Waals surface area contributed by atoms with Crippen molar-refractivity contribution in [3.63, 3.8) is 0 Å². The third-order valence-corrected chi connectivity index (χ3v) is 5.55. The van der Waals surface area contributed by atoms with E-state index in [9.17, 15) is 0 Å². The molecule has 2 aliphatic carbocycles. The first-order valence-electron chi connectivity index (χ1n) is 8.16. The van der Waals surface area contributed by atoms with E-state index in [0.29, 0.717) is 6.04 Å². The fraction of sp³-hybridized carbons (Fsp3) is 1.00. The average molecular weight is 251 g/mol. The number of ether oxygens (including phenoxy) is 1. The van der Waals surface area contributed by atoms with Crippen molar-refractivity contribution in [3.8, 4) is 0 Å². The van der Waals surface area contributed by atoms with Crippen LogP contribution in [0.25, 0.3) is 0 Å². The van der Waals surface area contributed by atoms with Crippen LogP contribution in [0.2, 0.25) is 0 Å². The molecule has 104 valence electrons. The van der Waals surface area contributed by atoms with Gasteiger partial charge in [0.15, 0.2) is 0 Å². The SMILES string of the molecule is CC1CCCC2(C1)OCCNC2CC1CCCC1. The Kier molecular flexibility index (Phi) is 3.95. The van der Waals surface area contributed by atoms with Crippen molar-refractivity contribution >= 4 is 0 Å². The Bertz CT molecular complexity index is 270. The minimum absolute atomic E-state index is 0.193. The zero-order chi connectivity index (χ0) is 12.4. The molecule has 3 aliphatic rings. The normalized spacial score (nSPS) is 42.5. The van der Waals surface area contributed by atoms with Gasteiger partial charge in [0.05, 0.1) is 12.2 Å². The highest BCUT2D eigenvalue weighted by Gasteiger charge is 2.45. The molecule has 3 rings (SSSR count). The maximum Gasteiger partial charge on any atom is 0.0838 e. The van der Waals surface area contributed by atoms with Crippen LogP contribution >= 0.6 is 0 Å². The van der Waals surface area contributed by atoms with Gasteiger partial charge in [0.1, 0.15) is 0 Å². The van der Waals surface area contributed by atoms with E-state index in [1.165, 1.54) is 57.8 Å². The van der Waals surface area contributed by atoms with E-state index in [-0.39, 0.29) is 5.60 Å². The molecule has 1 saturated heterocycles. The molecule has 0 radical (unpaired) electrons. The number of rotatable bonds is 2. The second-order valence-corrected chi connectivity index (χ2v) is 7.01. The maximum atomic E-state index is 6.34. The van der Waals surface area contributed by atoms with Crippen LogP contribution in [0.4, 0.5) is 0 Å². The van der Waals surface area contributed by atoms with Crippen LogP contribution < -0.4 is 5.32 Å². The Morgan fingerprint density at radius 3 is 2.78 bits per heavy atom. The first kappa shape index (κ1) is 12.9. The highest BCUT2D eigenvalue weighted by Crippen LogP contribution is 2.42.